The van der Waals surface area contributed by atoms with Crippen molar-refractivity contribution >= 4 is 5.82 Å². The predicted octanol–water partition coefficient (Wildman–Crippen LogP) is 2.24. The van der Waals surface area contributed by atoms with Gasteiger partial charge in [-0.05, 0) is 31.0 Å². The Balaban J connectivity index is 1.88. The van der Waals surface area contributed by atoms with Crippen LogP contribution in [0.2, 0.25) is 0 Å². The van der Waals surface area contributed by atoms with E-state index in [4.69, 9.17) is 19.9 Å². The van der Waals surface area contributed by atoms with Crippen LogP contribution in [0.1, 0.15) is 12.8 Å². The van der Waals surface area contributed by atoms with E-state index in [1.54, 1.807) is 11.8 Å². The van der Waals surface area contributed by atoms with Crippen LogP contribution < -0.4 is 15.2 Å². The lowest BCUT2D eigenvalue weighted by Gasteiger charge is -2.24. The molecule has 1 aliphatic heterocycles. The Bertz CT molecular complexity index is 629. The van der Waals surface area contributed by atoms with Gasteiger partial charge in [0.05, 0.1) is 19.4 Å². The largest absolute Gasteiger partial charge is 0.493 e. The van der Waals surface area contributed by atoms with Gasteiger partial charge in [-0.1, -0.05) is 0 Å². The molecule has 1 aromatic heterocycles. The second-order valence-corrected chi connectivity index (χ2v) is 5.40. The van der Waals surface area contributed by atoms with Gasteiger partial charge >= 0.3 is 0 Å². The number of ether oxygens (including phenoxy) is 3. The van der Waals surface area contributed by atoms with E-state index in [2.05, 4.69) is 5.10 Å². The maximum Gasteiger partial charge on any atom is 0.162 e. The Morgan fingerprint density at radius 1 is 1.32 bits per heavy atom. The van der Waals surface area contributed by atoms with Crippen LogP contribution >= 0.6 is 0 Å². The highest BCUT2D eigenvalue weighted by atomic mass is 16.5. The van der Waals surface area contributed by atoms with Crippen LogP contribution in [-0.4, -0.2) is 36.2 Å². The molecule has 1 fully saturated rings. The first-order chi connectivity index (χ1) is 10.7. The molecule has 22 heavy (non-hydrogen) atoms. The van der Waals surface area contributed by atoms with E-state index < -0.39 is 0 Å². The summed E-state index contributed by atoms with van der Waals surface area (Å²) in [5.41, 5.74) is 7.61. The van der Waals surface area contributed by atoms with Gasteiger partial charge < -0.3 is 19.9 Å². The number of nitrogen functional groups attached to an aromatic ring is 1. The van der Waals surface area contributed by atoms with Gasteiger partial charge in [0.25, 0.3) is 0 Å². The van der Waals surface area contributed by atoms with E-state index in [0.717, 1.165) is 30.7 Å². The van der Waals surface area contributed by atoms with Gasteiger partial charge in [-0.25, -0.2) is 0 Å². The quantitative estimate of drug-likeness (QED) is 0.938. The molecular weight excluding hydrogens is 282 g/mol. The molecule has 2 N–H and O–H groups in total. The van der Waals surface area contributed by atoms with Crippen molar-refractivity contribution in [3.63, 3.8) is 0 Å². The first-order valence-corrected chi connectivity index (χ1v) is 7.39. The molecule has 2 heterocycles. The number of nitrogens with zero attached hydrogens (tertiary/aromatic N) is 2. The minimum Gasteiger partial charge on any atom is -0.493 e. The van der Waals surface area contributed by atoms with Crippen molar-refractivity contribution in [1.29, 1.82) is 0 Å². The molecule has 0 saturated carbocycles. The Labute approximate surface area is 129 Å². The SMILES string of the molecule is COc1ccc(-c2cc(N)n(C)n2)cc1OC1CCCOC1. The number of methoxy groups -OCH3 is 1. The fourth-order valence-electron chi connectivity index (χ4n) is 2.53. The summed E-state index contributed by atoms with van der Waals surface area (Å²) in [5.74, 6) is 2.03. The van der Waals surface area contributed by atoms with Crippen molar-refractivity contribution in [1.82, 2.24) is 9.78 Å². The summed E-state index contributed by atoms with van der Waals surface area (Å²) in [7, 11) is 3.46. The molecule has 6 heteroatoms. The predicted molar refractivity (Wildman–Crippen MR) is 84.1 cm³/mol. The summed E-state index contributed by atoms with van der Waals surface area (Å²) in [5, 5.41) is 4.39. The number of hydrogen-bond acceptors (Lipinski definition) is 5. The lowest BCUT2D eigenvalue weighted by atomic mass is 10.1. The van der Waals surface area contributed by atoms with Crippen molar-refractivity contribution in [2.24, 2.45) is 7.05 Å². The molecule has 1 aromatic carbocycles. The summed E-state index contributed by atoms with van der Waals surface area (Å²) in [6.07, 6.45) is 2.07. The van der Waals surface area contributed by atoms with Gasteiger partial charge in [-0.15, -0.1) is 0 Å². The highest BCUT2D eigenvalue weighted by molar-refractivity contribution is 5.66. The summed E-state index contributed by atoms with van der Waals surface area (Å²) >= 11 is 0. The van der Waals surface area contributed by atoms with Crippen LogP contribution in [0.25, 0.3) is 11.3 Å². The standard InChI is InChI=1S/C16H21N3O3/c1-19-16(17)9-13(18-19)11-5-6-14(20-2)15(8-11)22-12-4-3-7-21-10-12/h5-6,8-9,12H,3-4,7,10,17H2,1-2H3. The van der Waals surface area contributed by atoms with Crippen molar-refractivity contribution in [3.8, 4) is 22.8 Å². The van der Waals surface area contributed by atoms with Crippen molar-refractivity contribution in [2.45, 2.75) is 18.9 Å². The lowest BCUT2D eigenvalue weighted by Crippen LogP contribution is -2.28. The molecule has 6 nitrogen and oxygen atoms in total. The highest BCUT2D eigenvalue weighted by Crippen LogP contribution is 2.34. The molecule has 1 aliphatic rings. The van der Waals surface area contributed by atoms with E-state index in [0.29, 0.717) is 23.9 Å². The third-order valence-corrected chi connectivity index (χ3v) is 3.79. The summed E-state index contributed by atoms with van der Waals surface area (Å²) in [6, 6.07) is 7.62. The number of aromatic nitrogens is 2. The van der Waals surface area contributed by atoms with Crippen molar-refractivity contribution < 1.29 is 14.2 Å². The molecular formula is C16H21N3O3. The summed E-state index contributed by atoms with van der Waals surface area (Å²) < 4.78 is 18.6. The molecule has 0 radical (unpaired) electrons. The maximum absolute atomic E-state index is 6.06. The first kappa shape index (κ1) is 14.7. The highest BCUT2D eigenvalue weighted by Gasteiger charge is 2.18. The zero-order valence-electron chi connectivity index (χ0n) is 12.9. The summed E-state index contributed by atoms with van der Waals surface area (Å²) in [6.45, 7) is 1.42. The Hall–Kier alpha value is -2.21. The Morgan fingerprint density at radius 3 is 2.82 bits per heavy atom. The second kappa shape index (κ2) is 6.27. The molecule has 2 aromatic rings. The Morgan fingerprint density at radius 2 is 2.18 bits per heavy atom. The monoisotopic (exact) mass is 303 g/mol. The van der Waals surface area contributed by atoms with E-state index in [1.165, 1.54) is 0 Å². The first-order valence-electron chi connectivity index (χ1n) is 7.39. The minimum absolute atomic E-state index is 0.0618. The molecule has 0 amide bonds. The molecule has 0 aliphatic carbocycles. The minimum atomic E-state index is 0.0618. The van der Waals surface area contributed by atoms with Crippen LogP contribution in [0.3, 0.4) is 0 Å². The molecule has 0 bridgehead atoms. The fourth-order valence-corrected chi connectivity index (χ4v) is 2.53. The van der Waals surface area contributed by atoms with Gasteiger partial charge in [-0.3, -0.25) is 4.68 Å². The van der Waals surface area contributed by atoms with Gasteiger partial charge in [0, 0.05) is 25.3 Å². The van der Waals surface area contributed by atoms with Crippen LogP contribution in [0, 0.1) is 0 Å². The van der Waals surface area contributed by atoms with Crippen LogP contribution in [0.5, 0.6) is 11.5 Å². The third kappa shape index (κ3) is 3.01. The van der Waals surface area contributed by atoms with E-state index in [1.807, 2.05) is 31.3 Å². The van der Waals surface area contributed by atoms with Crippen molar-refractivity contribution in [3.05, 3.63) is 24.3 Å². The molecule has 1 unspecified atom stereocenters. The number of rotatable bonds is 4. The molecule has 1 saturated heterocycles. The number of hydrogen-bond donors (Lipinski definition) is 1. The van der Waals surface area contributed by atoms with Gasteiger partial charge in [-0.2, -0.15) is 5.10 Å². The normalized spacial score (nSPS) is 18.2. The van der Waals surface area contributed by atoms with Crippen molar-refractivity contribution in [2.75, 3.05) is 26.1 Å². The zero-order valence-corrected chi connectivity index (χ0v) is 12.9. The van der Waals surface area contributed by atoms with E-state index in [-0.39, 0.29) is 6.10 Å². The smallest absolute Gasteiger partial charge is 0.162 e. The number of anilines is 1. The zero-order chi connectivity index (χ0) is 15.5. The number of aryl methyl sites for hydroxylation is 1. The second-order valence-electron chi connectivity index (χ2n) is 5.40. The average Bonchev–Trinajstić information content (AvgIpc) is 2.88. The van der Waals surface area contributed by atoms with Gasteiger partial charge in [0.1, 0.15) is 11.9 Å². The van der Waals surface area contributed by atoms with Crippen LogP contribution in [0.4, 0.5) is 5.82 Å². The molecule has 0 spiro atoms. The lowest BCUT2D eigenvalue weighted by molar-refractivity contribution is 0.00646. The van der Waals surface area contributed by atoms with Crippen LogP contribution in [-0.2, 0) is 11.8 Å². The number of benzene rings is 1. The third-order valence-electron chi connectivity index (χ3n) is 3.79. The maximum atomic E-state index is 6.06. The molecule has 3 rings (SSSR count). The van der Waals surface area contributed by atoms with Gasteiger partial charge in [0.2, 0.25) is 0 Å². The molecule has 118 valence electrons. The molecule has 1 atom stereocenters. The Kier molecular flexibility index (Phi) is 4.20. The van der Waals surface area contributed by atoms with Crippen LogP contribution in [0.15, 0.2) is 24.3 Å². The van der Waals surface area contributed by atoms with E-state index in [9.17, 15) is 0 Å². The van der Waals surface area contributed by atoms with Gasteiger partial charge in [0.15, 0.2) is 11.5 Å². The van der Waals surface area contributed by atoms with E-state index >= 15 is 0 Å². The topological polar surface area (TPSA) is 71.5 Å². The summed E-state index contributed by atoms with van der Waals surface area (Å²) in [4.78, 5) is 0. The fraction of sp³-hybridized carbons (Fsp3) is 0.438. The number of nitrogens with two attached hydrogens (primary N) is 1. The average molecular weight is 303 g/mol.